The van der Waals surface area contributed by atoms with Crippen molar-refractivity contribution in [3.8, 4) is 0 Å². The van der Waals surface area contributed by atoms with Gasteiger partial charge in [0.05, 0.1) is 0 Å². The van der Waals surface area contributed by atoms with Crippen molar-refractivity contribution < 1.29 is 42.3 Å². The van der Waals surface area contributed by atoms with E-state index in [1.54, 1.807) is 38.4 Å². The molecule has 3 atom stereocenters. The molecule has 0 aliphatic heterocycles. The van der Waals surface area contributed by atoms with Gasteiger partial charge in [-0.3, -0.25) is 30.0 Å². The summed E-state index contributed by atoms with van der Waals surface area (Å²) in [4.78, 5) is 62.3. The number of nitrogens with two attached hydrogens (primary N) is 3. The second-order valence-electron chi connectivity index (χ2n) is 10.9. The van der Waals surface area contributed by atoms with Crippen molar-refractivity contribution >= 4 is 41.4 Å². The molecule has 0 heterocycles. The normalized spacial score (nSPS) is 12.5. The van der Waals surface area contributed by atoms with Gasteiger partial charge in [0.25, 0.3) is 0 Å². The molecule has 0 aromatic heterocycles. The van der Waals surface area contributed by atoms with Crippen LogP contribution in [-0.2, 0) is 36.8 Å². The first kappa shape index (κ1) is 41.3. The van der Waals surface area contributed by atoms with Gasteiger partial charge in [0.15, 0.2) is 5.96 Å². The minimum atomic E-state index is -5.08. The Kier molecular flexibility index (Phi) is 16.8. The van der Waals surface area contributed by atoms with Crippen molar-refractivity contribution in [1.82, 2.24) is 20.9 Å². The van der Waals surface area contributed by atoms with Crippen LogP contribution < -0.4 is 33.2 Å². The van der Waals surface area contributed by atoms with Crippen LogP contribution in [0.15, 0.2) is 54.6 Å². The van der Waals surface area contributed by atoms with Gasteiger partial charge in [-0.05, 0) is 43.2 Å². The number of carbonyl (C=O) groups excluding carboxylic acids is 4. The quantitative estimate of drug-likeness (QED) is 0.0502. The standard InChI is InChI=1S/C29H41N9O4.C2HF3O2/c1-38(2)28(42)21(17-19-10-13-20(14-11-19)24(30)31)26(40)37-23(15-12-18-7-4-3-5-8-18)27(41)36-22(25(32)39)9-6-16-35-29(33)34;3-2(4,5)1(6)7/h3-5,7-8,10-11,13-14,21-23H,6,9,12,15-17H2,1-2H3,(H3,30,31)(H2,32,39)(H,36,41)(H,37,40)(H4,33,34,35);(H,6,7)/t21?,22-,23?;/m0./s1. The zero-order valence-corrected chi connectivity index (χ0v) is 27.0. The van der Waals surface area contributed by atoms with E-state index in [4.69, 9.17) is 37.9 Å². The summed E-state index contributed by atoms with van der Waals surface area (Å²) in [7, 11) is 3.08. The van der Waals surface area contributed by atoms with E-state index >= 15 is 0 Å². The minimum Gasteiger partial charge on any atom is -0.475 e. The number of nitrogens with one attached hydrogen (secondary N) is 5. The number of amidine groups is 1. The molecule has 0 saturated heterocycles. The number of aliphatic carboxylic acids is 1. The Morgan fingerprint density at radius 1 is 0.837 bits per heavy atom. The summed E-state index contributed by atoms with van der Waals surface area (Å²) in [6.45, 7) is 0.310. The number of primary amides is 1. The molecule has 2 rings (SSSR count). The number of guanidine groups is 1. The summed E-state index contributed by atoms with van der Waals surface area (Å²) in [5.74, 6) is -6.64. The highest BCUT2D eigenvalue weighted by Gasteiger charge is 2.38. The van der Waals surface area contributed by atoms with E-state index in [0.29, 0.717) is 30.5 Å². The van der Waals surface area contributed by atoms with Crippen LogP contribution in [0.4, 0.5) is 13.2 Å². The highest BCUT2D eigenvalue weighted by atomic mass is 19.4. The molecule has 0 radical (unpaired) electrons. The summed E-state index contributed by atoms with van der Waals surface area (Å²) in [6, 6.07) is 14.0. The van der Waals surface area contributed by atoms with Crippen molar-refractivity contribution in [2.45, 2.75) is 50.4 Å². The van der Waals surface area contributed by atoms with Crippen molar-refractivity contribution in [1.29, 1.82) is 10.8 Å². The lowest BCUT2D eigenvalue weighted by Gasteiger charge is -2.25. The number of aryl methyl sites for hydroxylation is 1. The van der Waals surface area contributed by atoms with Gasteiger partial charge in [0.1, 0.15) is 23.8 Å². The number of amides is 4. The Bertz CT molecular complexity index is 1450. The lowest BCUT2D eigenvalue weighted by atomic mass is 9.95. The third kappa shape index (κ3) is 15.6. The van der Waals surface area contributed by atoms with Gasteiger partial charge in [-0.1, -0.05) is 54.6 Å². The number of rotatable bonds is 16. The van der Waals surface area contributed by atoms with Gasteiger partial charge in [-0.25, -0.2) is 4.79 Å². The van der Waals surface area contributed by atoms with Gasteiger partial charge in [-0.15, -0.1) is 0 Å². The molecule has 0 spiro atoms. The van der Waals surface area contributed by atoms with Crippen molar-refractivity contribution in [2.75, 3.05) is 20.6 Å². The monoisotopic (exact) mass is 693 g/mol. The van der Waals surface area contributed by atoms with Crippen LogP contribution in [0.2, 0.25) is 0 Å². The van der Waals surface area contributed by atoms with Crippen LogP contribution >= 0.6 is 0 Å². The number of benzene rings is 2. The molecule has 15 nitrogen and oxygen atoms in total. The lowest BCUT2D eigenvalue weighted by Crippen LogP contribution is -2.55. The molecule has 268 valence electrons. The molecule has 0 fully saturated rings. The molecule has 0 aliphatic carbocycles. The van der Waals surface area contributed by atoms with Crippen LogP contribution in [0.1, 0.15) is 36.0 Å². The van der Waals surface area contributed by atoms with Crippen molar-refractivity contribution in [3.05, 3.63) is 71.3 Å². The highest BCUT2D eigenvalue weighted by molar-refractivity contribution is 6.02. The second kappa shape index (κ2) is 19.9. The molecule has 49 heavy (non-hydrogen) atoms. The SMILES string of the molecule is CN(C)C(=O)C(Cc1ccc(C(=N)N)cc1)C(=O)NC(CCc1ccccc1)C(=O)N[C@@H](CCCNC(=N)N)C(N)=O.O=C(O)C(F)(F)F. The first-order chi connectivity index (χ1) is 22.8. The topological polar surface area (TPSA) is 271 Å². The molecule has 0 aliphatic rings. The van der Waals surface area contributed by atoms with E-state index < -0.39 is 53.8 Å². The van der Waals surface area contributed by atoms with E-state index in [-0.39, 0.29) is 31.1 Å². The largest absolute Gasteiger partial charge is 0.490 e. The minimum absolute atomic E-state index is 0.0567. The molecule has 2 aromatic carbocycles. The first-order valence-electron chi connectivity index (χ1n) is 14.8. The molecule has 0 bridgehead atoms. The van der Waals surface area contributed by atoms with Crippen molar-refractivity contribution in [2.24, 2.45) is 23.1 Å². The summed E-state index contributed by atoms with van der Waals surface area (Å²) >= 11 is 0. The van der Waals surface area contributed by atoms with Crippen molar-refractivity contribution in [3.63, 3.8) is 0 Å². The van der Waals surface area contributed by atoms with Gasteiger partial charge in [-0.2, -0.15) is 13.2 Å². The summed E-state index contributed by atoms with van der Waals surface area (Å²) in [6.07, 6.45) is -3.78. The highest BCUT2D eigenvalue weighted by Crippen LogP contribution is 2.15. The molecule has 0 saturated carbocycles. The smallest absolute Gasteiger partial charge is 0.475 e. The molecule has 18 heteroatoms. The molecule has 2 aromatic rings. The Morgan fingerprint density at radius 3 is 1.86 bits per heavy atom. The second-order valence-corrected chi connectivity index (χ2v) is 10.9. The Labute approximate surface area is 280 Å². The fourth-order valence-corrected chi connectivity index (χ4v) is 4.24. The van der Waals surface area contributed by atoms with E-state index in [2.05, 4.69) is 16.0 Å². The molecule has 2 unspecified atom stereocenters. The van der Waals surface area contributed by atoms with Gasteiger partial charge < -0.3 is 43.2 Å². The number of halogens is 3. The zero-order chi connectivity index (χ0) is 37.3. The van der Waals surface area contributed by atoms with Gasteiger partial charge >= 0.3 is 12.1 Å². The Hall–Kier alpha value is -5.68. The number of carboxylic acid groups (broad SMARTS) is 1. The number of carboxylic acids is 1. The van der Waals surface area contributed by atoms with Crippen LogP contribution in [-0.4, -0.2) is 90.3 Å². The molecular formula is C31H42F3N9O6. The number of alkyl halides is 3. The van der Waals surface area contributed by atoms with E-state index in [9.17, 15) is 32.3 Å². The van der Waals surface area contributed by atoms with E-state index in [0.717, 1.165) is 5.56 Å². The van der Waals surface area contributed by atoms with Crippen LogP contribution in [0, 0.1) is 16.7 Å². The first-order valence-corrected chi connectivity index (χ1v) is 14.8. The number of carbonyl (C=O) groups is 5. The van der Waals surface area contributed by atoms with E-state index in [1.165, 1.54) is 4.90 Å². The predicted molar refractivity (Wildman–Crippen MR) is 174 cm³/mol. The zero-order valence-electron chi connectivity index (χ0n) is 27.0. The predicted octanol–water partition coefficient (Wildman–Crippen LogP) is 0.202. The summed E-state index contributed by atoms with van der Waals surface area (Å²) in [5.41, 5.74) is 18.5. The van der Waals surface area contributed by atoms with Crippen LogP contribution in [0.25, 0.3) is 0 Å². The van der Waals surface area contributed by atoms with Crippen LogP contribution in [0.5, 0.6) is 0 Å². The lowest BCUT2D eigenvalue weighted by molar-refractivity contribution is -0.192. The Balaban J connectivity index is 0.00000154. The maximum absolute atomic E-state index is 13.6. The number of hydrogen-bond acceptors (Lipinski definition) is 7. The van der Waals surface area contributed by atoms with Gasteiger partial charge in [0.2, 0.25) is 23.6 Å². The third-order valence-corrected chi connectivity index (χ3v) is 6.85. The molecule has 12 N–H and O–H groups in total. The summed E-state index contributed by atoms with van der Waals surface area (Å²) in [5, 5.41) is 29.9. The third-order valence-electron chi connectivity index (χ3n) is 6.85. The fraction of sp³-hybridized carbons (Fsp3) is 0.387. The number of hydrogen-bond donors (Lipinski definition) is 9. The number of nitrogens with zero attached hydrogens (tertiary/aromatic N) is 1. The average Bonchev–Trinajstić information content (AvgIpc) is 3.02. The maximum Gasteiger partial charge on any atom is 0.490 e. The van der Waals surface area contributed by atoms with Crippen LogP contribution in [0.3, 0.4) is 0 Å². The number of nitrogen functional groups attached to an aromatic ring is 1. The molecule has 4 amide bonds. The van der Waals surface area contributed by atoms with Gasteiger partial charge in [0, 0.05) is 26.2 Å². The van der Waals surface area contributed by atoms with E-state index in [1.807, 2.05) is 30.3 Å². The maximum atomic E-state index is 13.6. The Morgan fingerprint density at radius 2 is 1.39 bits per heavy atom. The summed E-state index contributed by atoms with van der Waals surface area (Å²) < 4.78 is 31.7. The molecular weight excluding hydrogens is 651 g/mol. The average molecular weight is 694 g/mol. The fourth-order valence-electron chi connectivity index (χ4n) is 4.24.